The number of hydrogen-bond donors (Lipinski definition) is 2. The molecule has 0 amide bonds. The third-order valence-electron chi connectivity index (χ3n) is 2.56. The fourth-order valence-electron chi connectivity index (χ4n) is 1.29. The van der Waals surface area contributed by atoms with E-state index >= 15 is 0 Å². The van der Waals surface area contributed by atoms with Crippen LogP contribution in [0.4, 0.5) is 0 Å². The molecule has 0 aromatic heterocycles. The van der Waals surface area contributed by atoms with Crippen LogP contribution < -0.4 is 4.74 Å². The highest BCUT2D eigenvalue weighted by Gasteiger charge is 2.18. The van der Waals surface area contributed by atoms with Crippen molar-refractivity contribution in [3.05, 3.63) is 29.8 Å². The van der Waals surface area contributed by atoms with Gasteiger partial charge in [-0.05, 0) is 23.1 Å². The summed E-state index contributed by atoms with van der Waals surface area (Å²) < 4.78 is 5.01. The first-order valence-electron chi connectivity index (χ1n) is 5.58. The van der Waals surface area contributed by atoms with E-state index in [1.807, 2.05) is 26.8 Å². The standard InChI is InChI=1S/C14H20O3/c1-14(2,3)13(16)8-6-10-5-7-11(15)12(9-10)17-4/h5-9,13,15-16H,1-4H3. The lowest BCUT2D eigenvalue weighted by atomic mass is 9.89. The molecule has 1 rings (SSSR count). The number of hydrogen-bond acceptors (Lipinski definition) is 3. The van der Waals surface area contributed by atoms with Gasteiger partial charge in [-0.15, -0.1) is 0 Å². The zero-order valence-electron chi connectivity index (χ0n) is 10.8. The van der Waals surface area contributed by atoms with Crippen LogP contribution in [-0.2, 0) is 0 Å². The van der Waals surface area contributed by atoms with Crippen molar-refractivity contribution in [2.45, 2.75) is 26.9 Å². The Bertz CT molecular complexity index is 402. The van der Waals surface area contributed by atoms with Crippen molar-refractivity contribution in [3.63, 3.8) is 0 Å². The Morgan fingerprint density at radius 1 is 1.29 bits per heavy atom. The summed E-state index contributed by atoms with van der Waals surface area (Å²) in [5.74, 6) is 0.540. The van der Waals surface area contributed by atoms with Crippen molar-refractivity contribution in [1.82, 2.24) is 0 Å². The normalized spacial score (nSPS) is 13.9. The lowest BCUT2D eigenvalue weighted by molar-refractivity contribution is 0.106. The van der Waals surface area contributed by atoms with Gasteiger partial charge in [0.25, 0.3) is 0 Å². The van der Waals surface area contributed by atoms with E-state index in [0.717, 1.165) is 5.56 Å². The molecule has 0 saturated carbocycles. The van der Waals surface area contributed by atoms with Crippen molar-refractivity contribution < 1.29 is 14.9 Å². The molecule has 0 aliphatic rings. The number of methoxy groups -OCH3 is 1. The maximum Gasteiger partial charge on any atom is 0.161 e. The Kier molecular flexibility index (Phi) is 4.18. The van der Waals surface area contributed by atoms with Crippen molar-refractivity contribution in [2.75, 3.05) is 7.11 Å². The van der Waals surface area contributed by atoms with Gasteiger partial charge in [0.1, 0.15) is 0 Å². The van der Waals surface area contributed by atoms with Gasteiger partial charge in [0.05, 0.1) is 13.2 Å². The molecule has 0 fully saturated rings. The highest BCUT2D eigenvalue weighted by Crippen LogP contribution is 2.27. The Hall–Kier alpha value is -1.48. The minimum atomic E-state index is -0.512. The van der Waals surface area contributed by atoms with Crippen LogP contribution in [-0.4, -0.2) is 23.4 Å². The molecular weight excluding hydrogens is 216 g/mol. The fourth-order valence-corrected chi connectivity index (χ4v) is 1.29. The van der Waals surface area contributed by atoms with Crippen molar-refractivity contribution in [1.29, 1.82) is 0 Å². The maximum absolute atomic E-state index is 9.86. The minimum absolute atomic E-state index is 0.112. The van der Waals surface area contributed by atoms with Gasteiger partial charge in [0.15, 0.2) is 11.5 Å². The lowest BCUT2D eigenvalue weighted by Gasteiger charge is -2.22. The van der Waals surface area contributed by atoms with Crippen LogP contribution in [0.3, 0.4) is 0 Å². The van der Waals surface area contributed by atoms with Gasteiger partial charge in [-0.1, -0.05) is 39.0 Å². The van der Waals surface area contributed by atoms with E-state index in [4.69, 9.17) is 4.74 Å². The zero-order valence-corrected chi connectivity index (χ0v) is 10.8. The molecule has 0 radical (unpaired) electrons. The average molecular weight is 236 g/mol. The maximum atomic E-state index is 9.86. The van der Waals surface area contributed by atoms with Crippen LogP contribution in [0.2, 0.25) is 0 Å². The Labute approximate surface area is 102 Å². The summed E-state index contributed by atoms with van der Waals surface area (Å²) in [4.78, 5) is 0. The summed E-state index contributed by atoms with van der Waals surface area (Å²) in [6, 6.07) is 5.06. The molecule has 3 heteroatoms. The molecule has 94 valence electrons. The van der Waals surface area contributed by atoms with Crippen molar-refractivity contribution in [3.8, 4) is 11.5 Å². The van der Waals surface area contributed by atoms with Crippen LogP contribution >= 0.6 is 0 Å². The number of aliphatic hydroxyl groups excluding tert-OH is 1. The molecule has 1 aromatic carbocycles. The molecule has 2 N–H and O–H groups in total. The second-order valence-electron chi connectivity index (χ2n) is 5.10. The first-order valence-corrected chi connectivity index (χ1v) is 5.58. The van der Waals surface area contributed by atoms with Crippen LogP contribution in [0.5, 0.6) is 11.5 Å². The predicted octanol–water partition coefficient (Wildman–Crippen LogP) is 2.82. The van der Waals surface area contributed by atoms with E-state index in [1.54, 1.807) is 24.3 Å². The number of phenolic OH excluding ortho intramolecular Hbond substituents is 1. The molecule has 0 heterocycles. The van der Waals surface area contributed by atoms with E-state index < -0.39 is 6.10 Å². The monoisotopic (exact) mass is 236 g/mol. The van der Waals surface area contributed by atoms with Gasteiger partial charge >= 0.3 is 0 Å². The second-order valence-corrected chi connectivity index (χ2v) is 5.10. The van der Waals surface area contributed by atoms with Crippen LogP contribution in [0.15, 0.2) is 24.3 Å². The topological polar surface area (TPSA) is 49.7 Å². The molecule has 3 nitrogen and oxygen atoms in total. The third-order valence-corrected chi connectivity index (χ3v) is 2.56. The third kappa shape index (κ3) is 3.79. The van der Waals surface area contributed by atoms with Crippen LogP contribution in [0.1, 0.15) is 26.3 Å². The number of rotatable bonds is 3. The molecule has 0 saturated heterocycles. The molecule has 0 spiro atoms. The summed E-state index contributed by atoms with van der Waals surface area (Å²) >= 11 is 0. The van der Waals surface area contributed by atoms with Crippen molar-refractivity contribution >= 4 is 6.08 Å². The molecule has 0 aliphatic heterocycles. The fraction of sp³-hybridized carbons (Fsp3) is 0.429. The summed E-state index contributed by atoms with van der Waals surface area (Å²) in [5.41, 5.74) is 0.695. The Morgan fingerprint density at radius 3 is 2.47 bits per heavy atom. The van der Waals surface area contributed by atoms with Gasteiger partial charge in [0.2, 0.25) is 0 Å². The van der Waals surface area contributed by atoms with Crippen LogP contribution in [0.25, 0.3) is 6.08 Å². The number of phenols is 1. The summed E-state index contributed by atoms with van der Waals surface area (Å²) in [6.45, 7) is 5.91. The Balaban J connectivity index is 2.85. The van der Waals surface area contributed by atoms with E-state index in [0.29, 0.717) is 5.75 Å². The molecular formula is C14H20O3. The molecule has 0 bridgehead atoms. The summed E-state index contributed by atoms with van der Waals surface area (Å²) in [5, 5.41) is 19.3. The van der Waals surface area contributed by atoms with Crippen molar-refractivity contribution in [2.24, 2.45) is 5.41 Å². The number of aliphatic hydroxyl groups is 1. The van der Waals surface area contributed by atoms with Gasteiger partial charge in [-0.25, -0.2) is 0 Å². The summed E-state index contributed by atoms with van der Waals surface area (Å²) in [7, 11) is 1.51. The minimum Gasteiger partial charge on any atom is -0.504 e. The van der Waals surface area contributed by atoms with E-state index in [1.165, 1.54) is 7.11 Å². The number of benzene rings is 1. The predicted molar refractivity (Wildman–Crippen MR) is 69.2 cm³/mol. The van der Waals surface area contributed by atoms with E-state index in [-0.39, 0.29) is 11.2 Å². The molecule has 17 heavy (non-hydrogen) atoms. The largest absolute Gasteiger partial charge is 0.504 e. The molecule has 1 unspecified atom stereocenters. The van der Waals surface area contributed by atoms with E-state index in [2.05, 4.69) is 0 Å². The van der Waals surface area contributed by atoms with Gasteiger partial charge in [-0.2, -0.15) is 0 Å². The highest BCUT2D eigenvalue weighted by atomic mass is 16.5. The highest BCUT2D eigenvalue weighted by molar-refractivity contribution is 5.55. The number of aromatic hydroxyl groups is 1. The molecule has 0 aliphatic carbocycles. The van der Waals surface area contributed by atoms with Gasteiger partial charge < -0.3 is 14.9 Å². The van der Waals surface area contributed by atoms with Gasteiger partial charge in [-0.3, -0.25) is 0 Å². The smallest absolute Gasteiger partial charge is 0.161 e. The zero-order chi connectivity index (χ0) is 13.1. The molecule has 1 aromatic rings. The summed E-state index contributed by atoms with van der Waals surface area (Å²) in [6.07, 6.45) is 3.05. The average Bonchev–Trinajstić information content (AvgIpc) is 2.26. The SMILES string of the molecule is COc1cc(C=CC(O)C(C)(C)C)ccc1O. The first-order chi connectivity index (χ1) is 7.84. The van der Waals surface area contributed by atoms with Gasteiger partial charge in [0, 0.05) is 0 Å². The second kappa shape index (κ2) is 5.23. The Morgan fingerprint density at radius 2 is 1.94 bits per heavy atom. The van der Waals surface area contributed by atoms with Crippen LogP contribution in [0, 0.1) is 5.41 Å². The van der Waals surface area contributed by atoms with E-state index in [9.17, 15) is 10.2 Å². The molecule has 1 atom stereocenters. The first kappa shape index (κ1) is 13.6. The number of ether oxygens (including phenoxy) is 1. The lowest BCUT2D eigenvalue weighted by Crippen LogP contribution is -2.23. The quantitative estimate of drug-likeness (QED) is 0.848.